The van der Waals surface area contributed by atoms with Crippen molar-refractivity contribution in [3.63, 3.8) is 0 Å². The lowest BCUT2D eigenvalue weighted by Gasteiger charge is -2.15. The number of carbonyl (C=O) groups is 2. The van der Waals surface area contributed by atoms with Crippen LogP contribution in [0.1, 0.15) is 35.8 Å². The van der Waals surface area contributed by atoms with Gasteiger partial charge in [-0.2, -0.15) is 13.2 Å². The Hall–Kier alpha value is -2.13. The second kappa shape index (κ2) is 7.76. The molecule has 6 nitrogen and oxygen atoms in total. The number of hydrogen-bond acceptors (Lipinski definition) is 6. The molecule has 0 unspecified atom stereocenters. The third-order valence-corrected chi connectivity index (χ3v) is 2.57. The summed E-state index contributed by atoms with van der Waals surface area (Å²) in [6, 6.07) is 5.76. The predicted molar refractivity (Wildman–Crippen MR) is 69.2 cm³/mol. The molecule has 1 aromatic carbocycles. The number of ether oxygens (including phenoxy) is 1. The number of benzene rings is 1. The van der Waals surface area contributed by atoms with Gasteiger partial charge in [-0.05, 0) is 31.5 Å². The van der Waals surface area contributed by atoms with Gasteiger partial charge in [0.1, 0.15) is 0 Å². The summed E-state index contributed by atoms with van der Waals surface area (Å²) < 4.78 is 40.5. The Morgan fingerprint density at radius 1 is 1.23 bits per heavy atom. The summed E-state index contributed by atoms with van der Waals surface area (Å²) >= 11 is 0. The van der Waals surface area contributed by atoms with E-state index in [9.17, 15) is 22.8 Å². The van der Waals surface area contributed by atoms with E-state index in [0.29, 0.717) is 11.1 Å². The fraction of sp³-hybridized carbons (Fsp3) is 0.385. The molecule has 0 saturated carbocycles. The Labute approximate surface area is 124 Å². The van der Waals surface area contributed by atoms with Gasteiger partial charge in [-0.25, -0.2) is 15.0 Å². The van der Waals surface area contributed by atoms with Crippen LogP contribution < -0.4 is 11.0 Å². The average molecular weight is 320 g/mol. The van der Waals surface area contributed by atoms with Gasteiger partial charge in [0.2, 0.25) is 0 Å². The maximum absolute atomic E-state index is 11.9. The molecule has 0 amide bonds. The van der Waals surface area contributed by atoms with Gasteiger partial charge in [-0.3, -0.25) is 0 Å². The monoisotopic (exact) mass is 320 g/mol. The summed E-state index contributed by atoms with van der Waals surface area (Å²) in [5.41, 5.74) is 5.11. The van der Waals surface area contributed by atoms with Crippen LogP contribution in [0.5, 0.6) is 0 Å². The molecule has 0 radical (unpaired) electrons. The largest absolute Gasteiger partial charge is 0.492 e. The van der Waals surface area contributed by atoms with Gasteiger partial charge in [-0.1, -0.05) is 17.7 Å². The molecular weight excluding hydrogens is 305 g/mol. The van der Waals surface area contributed by atoms with Crippen LogP contribution in [0.2, 0.25) is 0 Å². The lowest BCUT2D eigenvalue weighted by atomic mass is 10.1. The molecule has 0 bridgehead atoms. The molecule has 122 valence electrons. The zero-order chi connectivity index (χ0) is 16.8. The van der Waals surface area contributed by atoms with Crippen molar-refractivity contribution in [3.8, 4) is 0 Å². The fourth-order valence-corrected chi connectivity index (χ4v) is 1.43. The zero-order valence-corrected chi connectivity index (χ0v) is 11.9. The van der Waals surface area contributed by atoms with Crippen molar-refractivity contribution >= 4 is 11.9 Å². The van der Waals surface area contributed by atoms with Crippen LogP contribution in [0, 0.1) is 0 Å². The molecule has 0 aliphatic heterocycles. The van der Waals surface area contributed by atoms with Crippen molar-refractivity contribution in [2.75, 3.05) is 6.61 Å². The number of hydrogen-bond donors (Lipinski definition) is 2. The molecule has 0 aliphatic rings. The molecule has 2 N–H and O–H groups in total. The summed E-state index contributed by atoms with van der Waals surface area (Å²) in [6.07, 6.45) is -5.07. The second-order valence-corrected chi connectivity index (χ2v) is 4.20. The lowest BCUT2D eigenvalue weighted by molar-refractivity contribution is -0.209. The molecule has 9 heteroatoms. The Morgan fingerprint density at radius 3 is 2.32 bits per heavy atom. The number of carbonyl (C=O) groups excluding carboxylic acids is 2. The number of esters is 1. The van der Waals surface area contributed by atoms with Crippen LogP contribution in [0.4, 0.5) is 13.2 Å². The first kappa shape index (κ1) is 17.9. The number of alkyl halides is 3. The minimum atomic E-state index is -5.07. The quantitative estimate of drug-likeness (QED) is 0.617. The highest BCUT2D eigenvalue weighted by atomic mass is 19.4. The summed E-state index contributed by atoms with van der Waals surface area (Å²) in [4.78, 5) is 25.7. The Morgan fingerprint density at radius 2 is 1.82 bits per heavy atom. The molecule has 0 fully saturated rings. The van der Waals surface area contributed by atoms with Crippen LogP contribution in [0.15, 0.2) is 24.3 Å². The van der Waals surface area contributed by atoms with Crippen LogP contribution in [-0.4, -0.2) is 24.7 Å². The number of nitrogens with one attached hydrogen (secondary N) is 2. The maximum atomic E-state index is 11.9. The van der Waals surface area contributed by atoms with Crippen LogP contribution in [-0.2, 0) is 14.4 Å². The summed E-state index contributed by atoms with van der Waals surface area (Å²) in [6.45, 7) is 3.56. The van der Waals surface area contributed by atoms with E-state index >= 15 is 0 Å². The van der Waals surface area contributed by atoms with Gasteiger partial charge >= 0.3 is 18.1 Å². The van der Waals surface area contributed by atoms with Crippen LogP contribution in [0.25, 0.3) is 0 Å². The minimum absolute atomic E-state index is 0.257. The highest BCUT2D eigenvalue weighted by Crippen LogP contribution is 2.16. The molecule has 1 aromatic rings. The van der Waals surface area contributed by atoms with E-state index in [1.807, 2.05) is 0 Å². The molecular formula is C13H15F3N2O4. The van der Waals surface area contributed by atoms with Crippen molar-refractivity contribution < 1.29 is 32.3 Å². The number of halogens is 3. The van der Waals surface area contributed by atoms with Crippen molar-refractivity contribution in [3.05, 3.63) is 35.4 Å². The van der Waals surface area contributed by atoms with E-state index in [-0.39, 0.29) is 6.61 Å². The molecule has 0 heterocycles. The maximum Gasteiger partial charge on any atom is 0.492 e. The molecule has 0 aliphatic carbocycles. The van der Waals surface area contributed by atoms with Gasteiger partial charge in [0.25, 0.3) is 0 Å². The van der Waals surface area contributed by atoms with Gasteiger partial charge in [-0.15, -0.1) is 0 Å². The highest BCUT2D eigenvalue weighted by molar-refractivity contribution is 5.89. The predicted octanol–water partition coefficient (Wildman–Crippen LogP) is 2.04. The third kappa shape index (κ3) is 5.34. The molecule has 1 atom stereocenters. The van der Waals surface area contributed by atoms with E-state index in [1.54, 1.807) is 31.6 Å². The number of hydrazine groups is 1. The number of rotatable bonds is 6. The van der Waals surface area contributed by atoms with Crippen LogP contribution >= 0.6 is 0 Å². The normalized spacial score (nSPS) is 12.6. The average Bonchev–Trinajstić information content (AvgIpc) is 2.46. The van der Waals surface area contributed by atoms with E-state index in [1.165, 1.54) is 12.1 Å². The van der Waals surface area contributed by atoms with Crippen molar-refractivity contribution in [1.82, 2.24) is 11.0 Å². The molecule has 0 aromatic heterocycles. The topological polar surface area (TPSA) is 76.7 Å². The van der Waals surface area contributed by atoms with E-state index < -0.39 is 24.2 Å². The third-order valence-electron chi connectivity index (χ3n) is 2.57. The van der Waals surface area contributed by atoms with Crippen molar-refractivity contribution in [2.24, 2.45) is 0 Å². The molecule has 0 saturated heterocycles. The highest BCUT2D eigenvalue weighted by Gasteiger charge is 2.41. The molecule has 0 spiro atoms. The summed E-state index contributed by atoms with van der Waals surface area (Å²) in [5.74, 6) is -2.82. The smallest absolute Gasteiger partial charge is 0.462 e. The van der Waals surface area contributed by atoms with Gasteiger partial charge < -0.3 is 9.57 Å². The Balaban J connectivity index is 2.51. The fourth-order valence-electron chi connectivity index (χ4n) is 1.43. The SMILES string of the molecule is CCOC(=O)c1ccc([C@@H](C)NNOC(=O)C(F)(F)F)cc1. The van der Waals surface area contributed by atoms with Gasteiger partial charge in [0, 0.05) is 6.04 Å². The van der Waals surface area contributed by atoms with E-state index in [4.69, 9.17) is 4.74 Å². The first-order chi connectivity index (χ1) is 10.3. The summed E-state index contributed by atoms with van der Waals surface area (Å²) in [5, 5.41) is 0. The Kier molecular flexibility index (Phi) is 6.32. The van der Waals surface area contributed by atoms with Gasteiger partial charge in [0.15, 0.2) is 0 Å². The first-order valence-electron chi connectivity index (χ1n) is 6.31. The van der Waals surface area contributed by atoms with E-state index in [0.717, 1.165) is 0 Å². The van der Waals surface area contributed by atoms with Gasteiger partial charge in [0.05, 0.1) is 12.2 Å². The lowest BCUT2D eigenvalue weighted by Crippen LogP contribution is -2.40. The standard InChI is InChI=1S/C13H15F3N2O4/c1-3-21-11(19)10-6-4-9(5-7-10)8(2)17-18-22-12(20)13(14,15)16/h4-8,17-18H,3H2,1-2H3/t8-/m1/s1. The van der Waals surface area contributed by atoms with Crippen molar-refractivity contribution in [2.45, 2.75) is 26.1 Å². The zero-order valence-electron chi connectivity index (χ0n) is 11.9. The van der Waals surface area contributed by atoms with Crippen LogP contribution in [0.3, 0.4) is 0 Å². The minimum Gasteiger partial charge on any atom is -0.462 e. The summed E-state index contributed by atoms with van der Waals surface area (Å²) in [7, 11) is 0. The van der Waals surface area contributed by atoms with E-state index in [2.05, 4.69) is 10.3 Å². The first-order valence-corrected chi connectivity index (χ1v) is 6.31. The second-order valence-electron chi connectivity index (χ2n) is 4.20. The van der Waals surface area contributed by atoms with Crippen molar-refractivity contribution in [1.29, 1.82) is 0 Å². The molecule has 22 heavy (non-hydrogen) atoms. The molecule has 1 rings (SSSR count). The Bertz CT molecular complexity index is 517.